The van der Waals surface area contributed by atoms with E-state index in [2.05, 4.69) is 15.8 Å². The second-order valence-corrected chi connectivity index (χ2v) is 6.47. The van der Waals surface area contributed by atoms with Crippen LogP contribution in [0.25, 0.3) is 11.3 Å². The molecule has 6 nitrogen and oxygen atoms in total. The molecule has 6 heteroatoms. The maximum Gasteiger partial charge on any atom is 0.273 e. The van der Waals surface area contributed by atoms with Gasteiger partial charge in [0, 0.05) is 17.3 Å². The second kappa shape index (κ2) is 7.86. The molecule has 3 rings (SSSR count). The molecule has 3 aromatic rings. The van der Waals surface area contributed by atoms with E-state index in [4.69, 9.17) is 4.52 Å². The Labute approximate surface area is 157 Å². The van der Waals surface area contributed by atoms with E-state index in [1.165, 1.54) is 0 Å². The number of aryl methyl sites for hydroxylation is 3. The van der Waals surface area contributed by atoms with E-state index in [-0.39, 0.29) is 18.1 Å². The molecule has 0 saturated heterocycles. The van der Waals surface area contributed by atoms with Gasteiger partial charge in [0.15, 0.2) is 11.5 Å². The smallest absolute Gasteiger partial charge is 0.273 e. The van der Waals surface area contributed by atoms with Gasteiger partial charge in [0.2, 0.25) is 5.91 Å². The van der Waals surface area contributed by atoms with Gasteiger partial charge < -0.3 is 15.2 Å². The lowest BCUT2D eigenvalue weighted by Gasteiger charge is -2.08. The Kier molecular flexibility index (Phi) is 5.35. The number of carbonyl (C=O) groups is 2. The molecule has 138 valence electrons. The molecule has 0 fully saturated rings. The van der Waals surface area contributed by atoms with Gasteiger partial charge in [-0.05, 0) is 44.0 Å². The topological polar surface area (TPSA) is 84.2 Å². The summed E-state index contributed by atoms with van der Waals surface area (Å²) in [6.07, 6.45) is 0. The van der Waals surface area contributed by atoms with Crippen molar-refractivity contribution < 1.29 is 14.1 Å². The third-order valence-electron chi connectivity index (χ3n) is 4.28. The van der Waals surface area contributed by atoms with Crippen molar-refractivity contribution in [3.05, 3.63) is 70.9 Å². The predicted octanol–water partition coefficient (Wildman–Crippen LogP) is 3.64. The van der Waals surface area contributed by atoms with Crippen molar-refractivity contribution >= 4 is 17.5 Å². The van der Waals surface area contributed by atoms with E-state index in [0.29, 0.717) is 11.4 Å². The molecule has 2 aromatic carbocycles. The van der Waals surface area contributed by atoms with Crippen LogP contribution in [0.15, 0.2) is 53.1 Å². The highest BCUT2D eigenvalue weighted by Gasteiger charge is 2.14. The fraction of sp³-hybridized carbons (Fsp3) is 0.190. The number of nitrogens with zero attached hydrogens (tertiary/aromatic N) is 1. The van der Waals surface area contributed by atoms with Gasteiger partial charge >= 0.3 is 0 Å². The van der Waals surface area contributed by atoms with Crippen molar-refractivity contribution in [1.29, 1.82) is 0 Å². The van der Waals surface area contributed by atoms with Gasteiger partial charge in [-0.15, -0.1) is 0 Å². The third-order valence-corrected chi connectivity index (χ3v) is 4.28. The summed E-state index contributed by atoms with van der Waals surface area (Å²) in [4.78, 5) is 24.2. The highest BCUT2D eigenvalue weighted by Crippen LogP contribution is 2.20. The van der Waals surface area contributed by atoms with E-state index >= 15 is 0 Å². The maximum atomic E-state index is 12.2. The van der Waals surface area contributed by atoms with Gasteiger partial charge in [-0.1, -0.05) is 41.1 Å². The highest BCUT2D eigenvalue weighted by atomic mass is 16.5. The zero-order valence-corrected chi connectivity index (χ0v) is 15.5. The second-order valence-electron chi connectivity index (χ2n) is 6.47. The first-order chi connectivity index (χ1) is 12.9. The first kappa shape index (κ1) is 18.4. The number of hydrogen-bond acceptors (Lipinski definition) is 4. The normalized spacial score (nSPS) is 10.5. The molecule has 1 aromatic heterocycles. The van der Waals surface area contributed by atoms with Crippen LogP contribution in [0.1, 0.15) is 27.2 Å². The summed E-state index contributed by atoms with van der Waals surface area (Å²) < 4.78 is 5.23. The minimum atomic E-state index is -0.465. The van der Waals surface area contributed by atoms with Crippen molar-refractivity contribution in [1.82, 2.24) is 10.5 Å². The molecular weight excluding hydrogens is 342 g/mol. The number of amides is 2. The number of nitrogens with one attached hydrogen (secondary N) is 2. The molecule has 0 aliphatic rings. The monoisotopic (exact) mass is 363 g/mol. The van der Waals surface area contributed by atoms with Gasteiger partial charge in [-0.3, -0.25) is 9.59 Å². The SMILES string of the molecule is Cc1ccc(-c2cc(C(=O)NCC(=O)Nc3ccc(C)c(C)c3)no2)cc1. The molecule has 0 radical (unpaired) electrons. The Hall–Kier alpha value is -3.41. The zero-order valence-electron chi connectivity index (χ0n) is 15.5. The summed E-state index contributed by atoms with van der Waals surface area (Å²) in [5, 5.41) is 9.08. The van der Waals surface area contributed by atoms with Crippen molar-refractivity contribution in [3.8, 4) is 11.3 Å². The summed E-state index contributed by atoms with van der Waals surface area (Å²) in [5.74, 6) is -0.277. The van der Waals surface area contributed by atoms with Crippen LogP contribution < -0.4 is 10.6 Å². The van der Waals surface area contributed by atoms with Crippen LogP contribution in [0.2, 0.25) is 0 Å². The molecule has 2 N–H and O–H groups in total. The number of carbonyl (C=O) groups excluding carboxylic acids is 2. The molecule has 0 aliphatic carbocycles. The molecule has 0 atom stereocenters. The molecule has 0 unspecified atom stereocenters. The van der Waals surface area contributed by atoms with Crippen LogP contribution in [0.5, 0.6) is 0 Å². The fourth-order valence-corrected chi connectivity index (χ4v) is 2.51. The maximum absolute atomic E-state index is 12.2. The minimum absolute atomic E-state index is 0.129. The standard InChI is InChI=1S/C21H21N3O3/c1-13-4-7-16(8-5-13)19-11-18(24-27-19)21(26)22-12-20(25)23-17-9-6-14(2)15(3)10-17/h4-11H,12H2,1-3H3,(H,22,26)(H,23,25). The average Bonchev–Trinajstić information content (AvgIpc) is 3.13. The number of hydrogen-bond donors (Lipinski definition) is 2. The van der Waals surface area contributed by atoms with Crippen molar-refractivity contribution in [2.45, 2.75) is 20.8 Å². The summed E-state index contributed by atoms with van der Waals surface area (Å²) in [6, 6.07) is 14.9. The Balaban J connectivity index is 1.56. The van der Waals surface area contributed by atoms with Crippen LogP contribution in [0.3, 0.4) is 0 Å². The Bertz CT molecular complexity index is 975. The van der Waals surface area contributed by atoms with Gasteiger partial charge in [0.25, 0.3) is 5.91 Å². The number of aromatic nitrogens is 1. The number of anilines is 1. The van der Waals surface area contributed by atoms with Crippen LogP contribution in [-0.4, -0.2) is 23.5 Å². The van der Waals surface area contributed by atoms with E-state index < -0.39 is 5.91 Å². The molecule has 2 amide bonds. The summed E-state index contributed by atoms with van der Waals surface area (Å²) in [5.41, 5.74) is 5.02. The summed E-state index contributed by atoms with van der Waals surface area (Å²) >= 11 is 0. The molecule has 27 heavy (non-hydrogen) atoms. The minimum Gasteiger partial charge on any atom is -0.355 e. The van der Waals surface area contributed by atoms with Crippen molar-refractivity contribution in [2.75, 3.05) is 11.9 Å². The van der Waals surface area contributed by atoms with Crippen molar-refractivity contribution in [2.24, 2.45) is 0 Å². The Morgan fingerprint density at radius 1 is 0.963 bits per heavy atom. The Morgan fingerprint density at radius 2 is 1.70 bits per heavy atom. The van der Waals surface area contributed by atoms with E-state index in [1.807, 2.05) is 63.2 Å². The first-order valence-electron chi connectivity index (χ1n) is 8.61. The molecule has 0 spiro atoms. The van der Waals surface area contributed by atoms with Gasteiger partial charge in [-0.25, -0.2) is 0 Å². The van der Waals surface area contributed by atoms with Crippen molar-refractivity contribution in [3.63, 3.8) is 0 Å². The Morgan fingerprint density at radius 3 is 2.41 bits per heavy atom. The van der Waals surface area contributed by atoms with Crippen LogP contribution in [0, 0.1) is 20.8 Å². The van der Waals surface area contributed by atoms with Crippen LogP contribution in [-0.2, 0) is 4.79 Å². The lowest BCUT2D eigenvalue weighted by molar-refractivity contribution is -0.115. The lowest BCUT2D eigenvalue weighted by Crippen LogP contribution is -2.33. The number of benzene rings is 2. The number of rotatable bonds is 5. The van der Waals surface area contributed by atoms with Gasteiger partial charge in [0.05, 0.1) is 6.54 Å². The highest BCUT2D eigenvalue weighted by molar-refractivity contribution is 5.98. The average molecular weight is 363 g/mol. The quantitative estimate of drug-likeness (QED) is 0.725. The van der Waals surface area contributed by atoms with E-state index in [0.717, 1.165) is 22.3 Å². The molecule has 0 saturated carbocycles. The largest absolute Gasteiger partial charge is 0.355 e. The molecular formula is C21H21N3O3. The molecule has 0 bridgehead atoms. The fourth-order valence-electron chi connectivity index (χ4n) is 2.51. The van der Waals surface area contributed by atoms with E-state index in [1.54, 1.807) is 6.07 Å². The van der Waals surface area contributed by atoms with Crippen LogP contribution in [0.4, 0.5) is 5.69 Å². The molecule has 1 heterocycles. The predicted molar refractivity (Wildman–Crippen MR) is 104 cm³/mol. The third kappa shape index (κ3) is 4.61. The zero-order chi connectivity index (χ0) is 19.4. The van der Waals surface area contributed by atoms with Gasteiger partial charge in [0.1, 0.15) is 0 Å². The van der Waals surface area contributed by atoms with Crippen LogP contribution >= 0.6 is 0 Å². The first-order valence-corrected chi connectivity index (χ1v) is 8.61. The summed E-state index contributed by atoms with van der Waals surface area (Å²) in [6.45, 7) is 5.82. The van der Waals surface area contributed by atoms with Gasteiger partial charge in [-0.2, -0.15) is 0 Å². The molecule has 0 aliphatic heterocycles. The van der Waals surface area contributed by atoms with E-state index in [9.17, 15) is 9.59 Å². The lowest BCUT2D eigenvalue weighted by atomic mass is 10.1. The summed E-state index contributed by atoms with van der Waals surface area (Å²) in [7, 11) is 0.